The van der Waals surface area contributed by atoms with Gasteiger partial charge in [0, 0.05) is 0 Å². The van der Waals surface area contributed by atoms with Crippen molar-refractivity contribution in [3.05, 3.63) is 23.8 Å². The highest BCUT2D eigenvalue weighted by molar-refractivity contribution is 6.20. The molecule has 3 heteroatoms. The summed E-state index contributed by atoms with van der Waals surface area (Å²) in [6, 6.07) is 5.96. The lowest BCUT2D eigenvalue weighted by Crippen LogP contribution is -2.01. The molecule has 0 saturated carbocycles. The molecule has 1 atom stereocenters. The van der Waals surface area contributed by atoms with Crippen molar-refractivity contribution in [3.8, 4) is 11.5 Å². The van der Waals surface area contributed by atoms with Crippen LogP contribution in [0.15, 0.2) is 18.2 Å². The highest BCUT2D eigenvalue weighted by Crippen LogP contribution is 2.35. The molecule has 0 heterocycles. The van der Waals surface area contributed by atoms with E-state index in [1.807, 2.05) is 32.0 Å². The molecule has 1 rings (SSSR count). The van der Waals surface area contributed by atoms with Crippen LogP contribution in [-0.2, 0) is 0 Å². The molecule has 18 heavy (non-hydrogen) atoms. The molecule has 0 aromatic heterocycles. The maximum Gasteiger partial charge on any atom is 0.161 e. The molecular weight excluding hydrogens is 248 g/mol. The molecule has 1 aromatic rings. The standard InChI is InChI=1S/C15H23ClO2/c1-5-17-14-8-7-12(10-15(14)18-6-2)13(16)9-11(3)4/h7-8,10-11,13H,5-6,9H2,1-4H3. The van der Waals surface area contributed by atoms with E-state index in [0.717, 1.165) is 23.5 Å². The summed E-state index contributed by atoms with van der Waals surface area (Å²) in [6.07, 6.45) is 0.959. The largest absolute Gasteiger partial charge is 0.490 e. The van der Waals surface area contributed by atoms with E-state index < -0.39 is 0 Å². The number of hydrogen-bond acceptors (Lipinski definition) is 2. The summed E-state index contributed by atoms with van der Waals surface area (Å²) in [5.41, 5.74) is 1.09. The first-order valence-corrected chi connectivity index (χ1v) is 7.05. The van der Waals surface area contributed by atoms with Crippen molar-refractivity contribution >= 4 is 11.6 Å². The van der Waals surface area contributed by atoms with Crippen molar-refractivity contribution in [1.82, 2.24) is 0 Å². The minimum absolute atomic E-state index is 0.0277. The highest BCUT2D eigenvalue weighted by Gasteiger charge is 2.13. The van der Waals surface area contributed by atoms with Gasteiger partial charge >= 0.3 is 0 Å². The molecule has 102 valence electrons. The van der Waals surface area contributed by atoms with E-state index in [9.17, 15) is 0 Å². The molecule has 0 fully saturated rings. The molecule has 0 spiro atoms. The Balaban J connectivity index is 2.91. The fourth-order valence-corrected chi connectivity index (χ4v) is 2.30. The van der Waals surface area contributed by atoms with Crippen LogP contribution in [0.1, 0.15) is 45.1 Å². The minimum atomic E-state index is 0.0277. The zero-order valence-corrected chi connectivity index (χ0v) is 12.5. The molecule has 0 radical (unpaired) electrons. The molecular formula is C15H23ClO2. The van der Waals surface area contributed by atoms with Gasteiger partial charge < -0.3 is 9.47 Å². The van der Waals surface area contributed by atoms with Crippen LogP contribution in [0.4, 0.5) is 0 Å². The van der Waals surface area contributed by atoms with Gasteiger partial charge in [0.05, 0.1) is 18.6 Å². The Kier molecular flexibility index (Phi) is 6.34. The van der Waals surface area contributed by atoms with Crippen LogP contribution >= 0.6 is 11.6 Å². The lowest BCUT2D eigenvalue weighted by Gasteiger charge is -2.16. The third kappa shape index (κ3) is 4.41. The second-order valence-electron chi connectivity index (χ2n) is 4.67. The molecule has 1 unspecified atom stereocenters. The molecule has 0 aliphatic carbocycles. The second kappa shape index (κ2) is 7.52. The minimum Gasteiger partial charge on any atom is -0.490 e. The monoisotopic (exact) mass is 270 g/mol. The first kappa shape index (κ1) is 15.2. The molecule has 0 aliphatic rings. The fourth-order valence-electron chi connectivity index (χ4n) is 1.81. The van der Waals surface area contributed by atoms with Gasteiger partial charge in [-0.3, -0.25) is 0 Å². The van der Waals surface area contributed by atoms with Gasteiger partial charge in [0.2, 0.25) is 0 Å². The predicted molar refractivity (Wildman–Crippen MR) is 76.8 cm³/mol. The summed E-state index contributed by atoms with van der Waals surface area (Å²) in [4.78, 5) is 0. The molecule has 0 aliphatic heterocycles. The maximum atomic E-state index is 6.41. The Hall–Kier alpha value is -0.890. The molecule has 0 N–H and O–H groups in total. The van der Waals surface area contributed by atoms with Crippen LogP contribution in [0.5, 0.6) is 11.5 Å². The van der Waals surface area contributed by atoms with E-state index in [1.54, 1.807) is 0 Å². The van der Waals surface area contributed by atoms with Crippen molar-refractivity contribution in [1.29, 1.82) is 0 Å². The Labute approximate surface area is 115 Å². The molecule has 2 nitrogen and oxygen atoms in total. The summed E-state index contributed by atoms with van der Waals surface area (Å²) < 4.78 is 11.1. The zero-order chi connectivity index (χ0) is 13.5. The third-order valence-electron chi connectivity index (χ3n) is 2.61. The lowest BCUT2D eigenvalue weighted by molar-refractivity contribution is 0.287. The number of alkyl halides is 1. The number of hydrogen-bond donors (Lipinski definition) is 0. The number of ether oxygens (including phenoxy) is 2. The van der Waals surface area contributed by atoms with Gasteiger partial charge in [0.15, 0.2) is 11.5 Å². The van der Waals surface area contributed by atoms with Crippen LogP contribution in [0.3, 0.4) is 0 Å². The first-order chi connectivity index (χ1) is 8.58. The average molecular weight is 271 g/mol. The smallest absolute Gasteiger partial charge is 0.161 e. The Morgan fingerprint density at radius 3 is 2.22 bits per heavy atom. The lowest BCUT2D eigenvalue weighted by atomic mass is 10.0. The number of benzene rings is 1. The van der Waals surface area contributed by atoms with Gasteiger partial charge in [-0.2, -0.15) is 0 Å². The van der Waals surface area contributed by atoms with Crippen LogP contribution in [0, 0.1) is 5.92 Å². The van der Waals surface area contributed by atoms with Gasteiger partial charge in [-0.1, -0.05) is 19.9 Å². The fraction of sp³-hybridized carbons (Fsp3) is 0.600. The van der Waals surface area contributed by atoms with E-state index in [-0.39, 0.29) is 5.38 Å². The van der Waals surface area contributed by atoms with Crippen LogP contribution in [0.25, 0.3) is 0 Å². The van der Waals surface area contributed by atoms with E-state index in [4.69, 9.17) is 21.1 Å². The molecule has 0 bridgehead atoms. The van der Waals surface area contributed by atoms with Crippen LogP contribution in [-0.4, -0.2) is 13.2 Å². The van der Waals surface area contributed by atoms with Gasteiger partial charge in [0.1, 0.15) is 0 Å². The van der Waals surface area contributed by atoms with Crippen LogP contribution < -0.4 is 9.47 Å². The van der Waals surface area contributed by atoms with Crippen molar-refractivity contribution in [2.75, 3.05) is 13.2 Å². The Morgan fingerprint density at radius 2 is 1.67 bits per heavy atom. The Bertz CT molecular complexity index is 364. The van der Waals surface area contributed by atoms with Gasteiger partial charge in [-0.15, -0.1) is 11.6 Å². The second-order valence-corrected chi connectivity index (χ2v) is 5.20. The van der Waals surface area contributed by atoms with Gasteiger partial charge in [-0.05, 0) is 43.9 Å². The summed E-state index contributed by atoms with van der Waals surface area (Å²) in [6.45, 7) is 9.54. The molecule has 0 amide bonds. The van der Waals surface area contributed by atoms with E-state index >= 15 is 0 Å². The summed E-state index contributed by atoms with van der Waals surface area (Å²) >= 11 is 6.41. The molecule has 1 aromatic carbocycles. The number of halogens is 1. The summed E-state index contributed by atoms with van der Waals surface area (Å²) in [5.74, 6) is 2.15. The van der Waals surface area contributed by atoms with E-state index in [1.165, 1.54) is 0 Å². The van der Waals surface area contributed by atoms with E-state index in [0.29, 0.717) is 19.1 Å². The van der Waals surface area contributed by atoms with Crippen molar-refractivity contribution in [2.24, 2.45) is 5.92 Å². The quantitative estimate of drug-likeness (QED) is 0.662. The summed E-state index contributed by atoms with van der Waals surface area (Å²) in [7, 11) is 0. The Morgan fingerprint density at radius 1 is 1.06 bits per heavy atom. The predicted octanol–water partition coefficient (Wildman–Crippen LogP) is 4.81. The number of rotatable bonds is 7. The summed E-state index contributed by atoms with van der Waals surface area (Å²) in [5, 5.41) is 0.0277. The normalized spacial score (nSPS) is 12.6. The zero-order valence-electron chi connectivity index (χ0n) is 11.7. The topological polar surface area (TPSA) is 18.5 Å². The maximum absolute atomic E-state index is 6.41. The van der Waals surface area contributed by atoms with Crippen molar-refractivity contribution in [2.45, 2.75) is 39.5 Å². The van der Waals surface area contributed by atoms with Gasteiger partial charge in [0.25, 0.3) is 0 Å². The van der Waals surface area contributed by atoms with Crippen LogP contribution in [0.2, 0.25) is 0 Å². The SMILES string of the molecule is CCOc1ccc(C(Cl)CC(C)C)cc1OCC. The van der Waals surface area contributed by atoms with Crippen molar-refractivity contribution in [3.63, 3.8) is 0 Å². The van der Waals surface area contributed by atoms with Gasteiger partial charge in [-0.25, -0.2) is 0 Å². The van der Waals surface area contributed by atoms with Crippen molar-refractivity contribution < 1.29 is 9.47 Å². The van der Waals surface area contributed by atoms with E-state index in [2.05, 4.69) is 13.8 Å². The third-order valence-corrected chi connectivity index (χ3v) is 3.04. The molecule has 0 saturated heterocycles. The average Bonchev–Trinajstić information content (AvgIpc) is 2.31. The first-order valence-electron chi connectivity index (χ1n) is 6.62. The highest BCUT2D eigenvalue weighted by atomic mass is 35.5.